The van der Waals surface area contributed by atoms with Crippen LogP contribution in [-0.2, 0) is 4.79 Å². The second-order valence-corrected chi connectivity index (χ2v) is 6.50. The first kappa shape index (κ1) is 11.3. The smallest absolute Gasteiger partial charge is 0.320 e. The maximum absolute atomic E-state index is 10.9. The van der Waals surface area contributed by atoms with Crippen LogP contribution in [0, 0.1) is 5.92 Å². The van der Waals surface area contributed by atoms with Gasteiger partial charge in [-0.15, -0.1) is 11.8 Å². The third-order valence-corrected chi connectivity index (χ3v) is 4.87. The Morgan fingerprint density at radius 3 is 2.80 bits per heavy atom. The second kappa shape index (κ2) is 4.34. The van der Waals surface area contributed by atoms with Crippen LogP contribution in [0.25, 0.3) is 0 Å². The maximum Gasteiger partial charge on any atom is 0.320 e. The lowest BCUT2D eigenvalue weighted by Gasteiger charge is -2.42. The zero-order valence-corrected chi connectivity index (χ0v) is 9.98. The Labute approximate surface area is 95.0 Å². The molecule has 3 nitrogen and oxygen atoms in total. The van der Waals surface area contributed by atoms with Gasteiger partial charge in [-0.25, -0.2) is 0 Å². The summed E-state index contributed by atoms with van der Waals surface area (Å²) in [6.07, 6.45) is 5.89. The molecule has 2 unspecified atom stereocenters. The van der Waals surface area contributed by atoms with E-state index < -0.39 is 5.97 Å². The summed E-state index contributed by atoms with van der Waals surface area (Å²) in [4.78, 5) is 10.9. The summed E-state index contributed by atoms with van der Waals surface area (Å²) < 4.78 is 0. The van der Waals surface area contributed by atoms with Gasteiger partial charge in [0, 0.05) is 0 Å². The van der Waals surface area contributed by atoms with E-state index in [4.69, 9.17) is 5.11 Å². The fourth-order valence-corrected chi connectivity index (χ4v) is 3.82. The highest BCUT2D eigenvalue weighted by Gasteiger charge is 2.37. The summed E-state index contributed by atoms with van der Waals surface area (Å²) in [6.45, 7) is 2.16. The Morgan fingerprint density at radius 1 is 1.53 bits per heavy atom. The van der Waals surface area contributed by atoms with E-state index >= 15 is 0 Å². The first-order valence-electron chi connectivity index (χ1n) is 5.73. The van der Waals surface area contributed by atoms with E-state index in [2.05, 4.69) is 12.2 Å². The lowest BCUT2D eigenvalue weighted by molar-refractivity contribution is -0.140. The Kier molecular flexibility index (Phi) is 3.26. The predicted molar refractivity (Wildman–Crippen MR) is 62.0 cm³/mol. The van der Waals surface area contributed by atoms with Crippen LogP contribution in [0.2, 0.25) is 0 Å². The molecule has 0 amide bonds. The van der Waals surface area contributed by atoms with E-state index in [1.165, 1.54) is 19.3 Å². The topological polar surface area (TPSA) is 49.3 Å². The van der Waals surface area contributed by atoms with Gasteiger partial charge in [0.1, 0.15) is 6.04 Å². The molecule has 2 fully saturated rings. The van der Waals surface area contributed by atoms with Crippen LogP contribution in [0.1, 0.15) is 39.0 Å². The monoisotopic (exact) mass is 229 g/mol. The highest BCUT2D eigenvalue weighted by atomic mass is 32.2. The molecular formula is C11H19NO2S. The van der Waals surface area contributed by atoms with Crippen molar-refractivity contribution < 1.29 is 9.90 Å². The van der Waals surface area contributed by atoms with Crippen molar-refractivity contribution in [3.05, 3.63) is 0 Å². The average molecular weight is 229 g/mol. The minimum absolute atomic E-state index is 0.00755. The molecule has 1 heterocycles. The molecule has 1 saturated carbocycles. The Balaban J connectivity index is 1.91. The minimum atomic E-state index is -0.699. The van der Waals surface area contributed by atoms with Crippen molar-refractivity contribution in [3.8, 4) is 0 Å². The number of carboxylic acid groups (broad SMARTS) is 1. The molecule has 2 rings (SSSR count). The molecule has 2 atom stereocenters. The van der Waals surface area contributed by atoms with Crippen molar-refractivity contribution in [2.45, 2.75) is 49.9 Å². The molecule has 2 aliphatic rings. The van der Waals surface area contributed by atoms with Crippen LogP contribution in [0.5, 0.6) is 0 Å². The van der Waals surface area contributed by atoms with Gasteiger partial charge in [-0.2, -0.15) is 0 Å². The Morgan fingerprint density at radius 2 is 2.27 bits per heavy atom. The highest BCUT2D eigenvalue weighted by Crippen LogP contribution is 2.40. The molecule has 1 saturated heterocycles. The van der Waals surface area contributed by atoms with Crippen LogP contribution in [0.4, 0.5) is 0 Å². The van der Waals surface area contributed by atoms with Crippen molar-refractivity contribution in [1.29, 1.82) is 0 Å². The van der Waals surface area contributed by atoms with Crippen molar-refractivity contribution in [3.63, 3.8) is 0 Å². The number of carbonyl (C=O) groups is 1. The number of carboxylic acids is 1. The second-order valence-electron chi connectivity index (χ2n) is 4.90. The van der Waals surface area contributed by atoms with Gasteiger partial charge in [0.2, 0.25) is 0 Å². The molecule has 0 aromatic carbocycles. The van der Waals surface area contributed by atoms with Crippen LogP contribution >= 0.6 is 11.8 Å². The van der Waals surface area contributed by atoms with Crippen LogP contribution in [-0.4, -0.2) is 27.7 Å². The lowest BCUT2D eigenvalue weighted by atomic mass is 9.81. The molecule has 1 aliphatic carbocycles. The highest BCUT2D eigenvalue weighted by molar-refractivity contribution is 8.00. The van der Waals surface area contributed by atoms with Crippen molar-refractivity contribution in [2.24, 2.45) is 5.92 Å². The van der Waals surface area contributed by atoms with Gasteiger partial charge in [-0.3, -0.25) is 10.1 Å². The molecule has 15 heavy (non-hydrogen) atoms. The molecule has 0 spiro atoms. The first-order chi connectivity index (χ1) is 7.09. The third kappa shape index (κ3) is 2.67. The number of nitrogens with one attached hydrogen (secondary N) is 1. The number of hydrogen-bond donors (Lipinski definition) is 2. The van der Waals surface area contributed by atoms with Gasteiger partial charge in [-0.05, 0) is 31.4 Å². The van der Waals surface area contributed by atoms with E-state index in [0.717, 1.165) is 24.5 Å². The molecule has 0 aromatic heterocycles. The van der Waals surface area contributed by atoms with E-state index in [9.17, 15) is 4.79 Å². The Hall–Kier alpha value is -0.220. The summed E-state index contributed by atoms with van der Waals surface area (Å²) in [5.41, 5.74) is 0. The Bertz CT molecular complexity index is 255. The fraction of sp³-hybridized carbons (Fsp3) is 0.909. The molecule has 1 aliphatic heterocycles. The zero-order valence-electron chi connectivity index (χ0n) is 9.16. The molecule has 0 bridgehead atoms. The van der Waals surface area contributed by atoms with Crippen molar-refractivity contribution >= 4 is 17.7 Å². The zero-order chi connectivity index (χ0) is 10.9. The third-order valence-electron chi connectivity index (χ3n) is 3.51. The normalized spacial score (nSPS) is 37.3. The molecule has 86 valence electrons. The average Bonchev–Trinajstić information content (AvgIpc) is 2.12. The van der Waals surface area contributed by atoms with Gasteiger partial charge in [0.05, 0.1) is 4.87 Å². The molecule has 2 N–H and O–H groups in total. The van der Waals surface area contributed by atoms with E-state index in [1.807, 2.05) is 11.8 Å². The van der Waals surface area contributed by atoms with Gasteiger partial charge in [0.25, 0.3) is 0 Å². The molecule has 0 radical (unpaired) electrons. The molecular weight excluding hydrogens is 210 g/mol. The standard InChI is InChI=1S/C11H19NO2S/c1-11(7-8-3-2-4-8)12-9(10(13)14)5-6-15-11/h8-9,12H,2-7H2,1H3,(H,13,14). The lowest BCUT2D eigenvalue weighted by Crippen LogP contribution is -2.54. The number of hydrogen-bond acceptors (Lipinski definition) is 3. The minimum Gasteiger partial charge on any atom is -0.480 e. The summed E-state index contributed by atoms with van der Waals surface area (Å²) in [6, 6.07) is -0.337. The summed E-state index contributed by atoms with van der Waals surface area (Å²) in [5.74, 6) is 1.09. The van der Waals surface area contributed by atoms with Gasteiger partial charge < -0.3 is 5.11 Å². The maximum atomic E-state index is 10.9. The van der Waals surface area contributed by atoms with E-state index in [1.54, 1.807) is 0 Å². The number of thioether (sulfide) groups is 1. The van der Waals surface area contributed by atoms with Gasteiger partial charge in [0.15, 0.2) is 0 Å². The number of rotatable bonds is 3. The predicted octanol–water partition coefficient (Wildman–Crippen LogP) is 2.07. The van der Waals surface area contributed by atoms with E-state index in [-0.39, 0.29) is 10.9 Å². The van der Waals surface area contributed by atoms with Gasteiger partial charge >= 0.3 is 5.97 Å². The molecule has 0 aromatic rings. The fourth-order valence-electron chi connectivity index (χ4n) is 2.44. The van der Waals surface area contributed by atoms with E-state index in [0.29, 0.717) is 0 Å². The largest absolute Gasteiger partial charge is 0.480 e. The van der Waals surface area contributed by atoms with Crippen LogP contribution in [0.15, 0.2) is 0 Å². The SMILES string of the molecule is CC1(CC2CCC2)NC(C(=O)O)CCS1. The van der Waals surface area contributed by atoms with Crippen LogP contribution in [0.3, 0.4) is 0 Å². The first-order valence-corrected chi connectivity index (χ1v) is 6.72. The van der Waals surface area contributed by atoms with Gasteiger partial charge in [-0.1, -0.05) is 19.3 Å². The summed E-state index contributed by atoms with van der Waals surface area (Å²) in [7, 11) is 0. The molecule has 4 heteroatoms. The number of aliphatic carboxylic acids is 1. The van der Waals surface area contributed by atoms with Crippen molar-refractivity contribution in [2.75, 3.05) is 5.75 Å². The quantitative estimate of drug-likeness (QED) is 0.778. The van der Waals surface area contributed by atoms with Crippen molar-refractivity contribution in [1.82, 2.24) is 5.32 Å². The van der Waals surface area contributed by atoms with Crippen LogP contribution < -0.4 is 5.32 Å². The summed E-state index contributed by atoms with van der Waals surface area (Å²) >= 11 is 1.89. The summed E-state index contributed by atoms with van der Waals surface area (Å²) in [5, 5.41) is 12.3.